The molecule has 0 aliphatic carbocycles. The molecule has 0 saturated carbocycles. The summed E-state index contributed by atoms with van der Waals surface area (Å²) >= 11 is 8.01. The fourth-order valence-electron chi connectivity index (χ4n) is 4.22. The van der Waals surface area contributed by atoms with Crippen LogP contribution in [0.25, 0.3) is 21.3 Å². The smallest absolute Gasteiger partial charge is 0.124 e. The summed E-state index contributed by atoms with van der Waals surface area (Å²) in [7, 11) is 0. The summed E-state index contributed by atoms with van der Waals surface area (Å²) in [5, 5.41) is 11.5. The van der Waals surface area contributed by atoms with E-state index in [-0.39, 0.29) is 6.61 Å². The number of para-hydroxylation sites is 1. The molecule has 1 saturated heterocycles. The Morgan fingerprint density at radius 1 is 1.07 bits per heavy atom. The molecule has 0 spiro atoms. The fourth-order valence-corrected chi connectivity index (χ4v) is 5.52. The molecule has 5 rings (SSSR count). The van der Waals surface area contributed by atoms with Gasteiger partial charge in [-0.05, 0) is 56.3 Å². The Kier molecular flexibility index (Phi) is 5.26. The minimum Gasteiger partial charge on any atom is -0.395 e. The lowest BCUT2D eigenvalue weighted by Crippen LogP contribution is -2.33. The fraction of sp³-hybridized carbons (Fsp3) is 0.364. The summed E-state index contributed by atoms with van der Waals surface area (Å²) in [4.78, 5) is 12.1. The van der Waals surface area contributed by atoms with E-state index in [9.17, 15) is 5.11 Å². The molecule has 1 aliphatic heterocycles. The molecule has 29 heavy (non-hydrogen) atoms. The summed E-state index contributed by atoms with van der Waals surface area (Å²) in [5.74, 6) is 1.54. The molecule has 1 N–H and O–H groups in total. The Morgan fingerprint density at radius 2 is 1.90 bits per heavy atom. The van der Waals surface area contributed by atoms with Gasteiger partial charge in [0.15, 0.2) is 0 Å². The number of imidazole rings is 1. The molecule has 0 unspecified atom stereocenters. The van der Waals surface area contributed by atoms with Crippen molar-refractivity contribution in [2.45, 2.75) is 31.8 Å². The molecule has 4 aromatic rings. The van der Waals surface area contributed by atoms with Crippen LogP contribution in [0.3, 0.4) is 0 Å². The molecule has 0 atom stereocenters. The number of halogens is 1. The minimum atomic E-state index is 0.0880. The first kappa shape index (κ1) is 19.0. The second kappa shape index (κ2) is 8.03. The number of hydrogen-bond donors (Lipinski definition) is 1. The average Bonchev–Trinajstić information content (AvgIpc) is 3.31. The second-order valence-electron chi connectivity index (χ2n) is 7.61. The van der Waals surface area contributed by atoms with Crippen molar-refractivity contribution in [2.24, 2.45) is 0 Å². The zero-order valence-corrected chi connectivity index (χ0v) is 17.7. The molecule has 1 fully saturated rings. The molecule has 0 amide bonds. The molecule has 2 aromatic carbocycles. The first-order valence-corrected chi connectivity index (χ1v) is 11.2. The molecule has 7 heteroatoms. The standard InChI is InChI=1S/C22H23ClN4OS/c23-16-5-6-17-19(13-16)27(11-12-28)21(24-17)14-26-9-7-15(8-10-26)22-25-18-3-1-2-4-20(18)29-22/h1-6,13,15,28H,7-12,14H2. The third-order valence-electron chi connectivity index (χ3n) is 5.73. The number of likely N-dealkylation sites (tertiary alicyclic amines) is 1. The first-order chi connectivity index (χ1) is 14.2. The summed E-state index contributed by atoms with van der Waals surface area (Å²) in [5.41, 5.74) is 3.04. The van der Waals surface area contributed by atoms with Crippen molar-refractivity contribution in [2.75, 3.05) is 19.7 Å². The number of rotatable bonds is 5. The van der Waals surface area contributed by atoms with E-state index in [0.717, 1.165) is 54.9 Å². The number of aromatic nitrogens is 3. The van der Waals surface area contributed by atoms with Crippen LogP contribution < -0.4 is 0 Å². The van der Waals surface area contributed by atoms with E-state index < -0.39 is 0 Å². The highest BCUT2D eigenvalue weighted by molar-refractivity contribution is 7.18. The second-order valence-corrected chi connectivity index (χ2v) is 9.11. The van der Waals surface area contributed by atoms with E-state index in [1.165, 1.54) is 9.71 Å². The van der Waals surface area contributed by atoms with Gasteiger partial charge in [0.25, 0.3) is 0 Å². The molecule has 1 aliphatic rings. The molecule has 0 radical (unpaired) electrons. The predicted molar refractivity (Wildman–Crippen MR) is 119 cm³/mol. The SMILES string of the molecule is OCCn1c(CN2CCC(c3nc4ccccc4s3)CC2)nc2ccc(Cl)cc21. The van der Waals surface area contributed by atoms with E-state index in [2.05, 4.69) is 33.7 Å². The number of aliphatic hydroxyl groups excluding tert-OH is 1. The molecule has 0 bridgehead atoms. The van der Waals surface area contributed by atoms with Crippen LogP contribution in [-0.4, -0.2) is 44.2 Å². The largest absolute Gasteiger partial charge is 0.395 e. The van der Waals surface area contributed by atoms with E-state index in [1.54, 1.807) is 0 Å². The van der Waals surface area contributed by atoms with Crippen LogP contribution in [0.4, 0.5) is 0 Å². The van der Waals surface area contributed by atoms with Gasteiger partial charge in [0.1, 0.15) is 5.82 Å². The Hall–Kier alpha value is -1.99. The first-order valence-electron chi connectivity index (χ1n) is 10.0. The number of benzene rings is 2. The van der Waals surface area contributed by atoms with Gasteiger partial charge in [-0.1, -0.05) is 23.7 Å². The molecule has 3 heterocycles. The zero-order chi connectivity index (χ0) is 19.8. The summed E-state index contributed by atoms with van der Waals surface area (Å²) in [6.45, 7) is 3.48. The topological polar surface area (TPSA) is 54.2 Å². The average molecular weight is 427 g/mol. The Labute approximate surface area is 178 Å². The summed E-state index contributed by atoms with van der Waals surface area (Å²) in [6, 6.07) is 14.1. The van der Waals surface area contributed by atoms with E-state index in [0.29, 0.717) is 17.5 Å². The third-order valence-corrected chi connectivity index (χ3v) is 7.16. The van der Waals surface area contributed by atoms with Gasteiger partial charge in [-0.25, -0.2) is 9.97 Å². The lowest BCUT2D eigenvalue weighted by Gasteiger charge is -2.30. The molecule has 150 valence electrons. The van der Waals surface area contributed by atoms with Crippen molar-refractivity contribution in [1.82, 2.24) is 19.4 Å². The van der Waals surface area contributed by atoms with E-state index in [1.807, 2.05) is 29.5 Å². The number of hydrogen-bond acceptors (Lipinski definition) is 5. The van der Waals surface area contributed by atoms with Gasteiger partial charge in [0.05, 0.1) is 39.4 Å². The van der Waals surface area contributed by atoms with Crippen LogP contribution in [-0.2, 0) is 13.1 Å². The number of aliphatic hydroxyl groups is 1. The maximum atomic E-state index is 9.52. The molecular weight excluding hydrogens is 404 g/mol. The summed E-state index contributed by atoms with van der Waals surface area (Å²) in [6.07, 6.45) is 2.23. The van der Waals surface area contributed by atoms with Gasteiger partial charge in [0.2, 0.25) is 0 Å². The van der Waals surface area contributed by atoms with E-state index >= 15 is 0 Å². The van der Waals surface area contributed by atoms with Gasteiger partial charge in [0, 0.05) is 17.5 Å². The maximum absolute atomic E-state index is 9.52. The molecular formula is C22H23ClN4OS. The lowest BCUT2D eigenvalue weighted by molar-refractivity contribution is 0.196. The van der Waals surface area contributed by atoms with Crippen LogP contribution in [0, 0.1) is 0 Å². The quantitative estimate of drug-likeness (QED) is 0.503. The summed E-state index contributed by atoms with van der Waals surface area (Å²) < 4.78 is 3.38. The van der Waals surface area contributed by atoms with Gasteiger partial charge in [-0.15, -0.1) is 11.3 Å². The highest BCUT2D eigenvalue weighted by Crippen LogP contribution is 2.34. The monoisotopic (exact) mass is 426 g/mol. The van der Waals surface area contributed by atoms with Crippen molar-refractivity contribution in [3.63, 3.8) is 0 Å². The van der Waals surface area contributed by atoms with Crippen molar-refractivity contribution in [3.05, 3.63) is 58.3 Å². The normalized spacial score (nSPS) is 16.2. The number of nitrogens with zero attached hydrogens (tertiary/aromatic N) is 4. The van der Waals surface area contributed by atoms with Gasteiger partial charge in [-0.2, -0.15) is 0 Å². The van der Waals surface area contributed by atoms with Crippen LogP contribution in [0.1, 0.15) is 29.6 Å². The minimum absolute atomic E-state index is 0.0880. The van der Waals surface area contributed by atoms with Crippen LogP contribution >= 0.6 is 22.9 Å². The van der Waals surface area contributed by atoms with Crippen molar-refractivity contribution >= 4 is 44.2 Å². The van der Waals surface area contributed by atoms with Crippen LogP contribution in [0.15, 0.2) is 42.5 Å². The van der Waals surface area contributed by atoms with Gasteiger partial charge < -0.3 is 9.67 Å². The van der Waals surface area contributed by atoms with Gasteiger partial charge in [-0.3, -0.25) is 4.90 Å². The van der Waals surface area contributed by atoms with Gasteiger partial charge >= 0.3 is 0 Å². The highest BCUT2D eigenvalue weighted by Gasteiger charge is 2.24. The zero-order valence-electron chi connectivity index (χ0n) is 16.1. The van der Waals surface area contributed by atoms with Crippen molar-refractivity contribution in [3.8, 4) is 0 Å². The van der Waals surface area contributed by atoms with Crippen LogP contribution in [0.2, 0.25) is 5.02 Å². The lowest BCUT2D eigenvalue weighted by atomic mass is 9.97. The van der Waals surface area contributed by atoms with Crippen molar-refractivity contribution in [1.29, 1.82) is 0 Å². The predicted octanol–water partition coefficient (Wildman–Crippen LogP) is 4.67. The van der Waals surface area contributed by atoms with Crippen molar-refractivity contribution < 1.29 is 5.11 Å². The maximum Gasteiger partial charge on any atom is 0.124 e. The third kappa shape index (κ3) is 3.78. The Balaban J connectivity index is 1.31. The molecule has 5 nitrogen and oxygen atoms in total. The Bertz CT molecular complexity index is 1110. The Morgan fingerprint density at radius 3 is 2.69 bits per heavy atom. The number of fused-ring (bicyclic) bond motifs is 2. The van der Waals surface area contributed by atoms with E-state index in [4.69, 9.17) is 21.6 Å². The van der Waals surface area contributed by atoms with Crippen LogP contribution in [0.5, 0.6) is 0 Å². The molecule has 2 aromatic heterocycles. The number of thiazole rings is 1. The highest BCUT2D eigenvalue weighted by atomic mass is 35.5. The number of piperidine rings is 1.